The van der Waals surface area contributed by atoms with Gasteiger partial charge in [-0.15, -0.1) is 0 Å². The molecule has 0 saturated carbocycles. The summed E-state index contributed by atoms with van der Waals surface area (Å²) in [6.45, 7) is 9.07. The minimum Gasteiger partial charge on any atom is -0.467 e. The van der Waals surface area contributed by atoms with Crippen LogP contribution >= 0.6 is 0 Å². The summed E-state index contributed by atoms with van der Waals surface area (Å²) in [6, 6.07) is 1.92. The molecule has 0 N–H and O–H groups in total. The van der Waals surface area contributed by atoms with Crippen LogP contribution in [0.5, 0.6) is 0 Å². The van der Waals surface area contributed by atoms with Gasteiger partial charge < -0.3 is 14.1 Å². The molecule has 2 aromatic heterocycles. The van der Waals surface area contributed by atoms with Gasteiger partial charge in [0, 0.05) is 25.6 Å². The van der Waals surface area contributed by atoms with Gasteiger partial charge in [0.2, 0.25) is 0 Å². The predicted molar refractivity (Wildman–Crippen MR) is 89.7 cm³/mol. The van der Waals surface area contributed by atoms with Crippen molar-refractivity contribution in [1.29, 1.82) is 0 Å². The Morgan fingerprint density at radius 3 is 2.83 bits per heavy atom. The molecule has 1 aliphatic heterocycles. The van der Waals surface area contributed by atoms with E-state index in [1.165, 1.54) is 0 Å². The highest BCUT2D eigenvalue weighted by Crippen LogP contribution is 2.31. The quantitative estimate of drug-likeness (QED) is 0.864. The minimum absolute atomic E-state index is 0.00847. The Balaban J connectivity index is 1.93. The Labute approximate surface area is 142 Å². The molecular weight excluding hydrogens is 306 g/mol. The molecule has 0 spiro atoms. The maximum atomic E-state index is 13.2. The zero-order valence-corrected chi connectivity index (χ0v) is 15.0. The molecular formula is C18H25N3O3. The van der Waals surface area contributed by atoms with Crippen LogP contribution in [0.4, 0.5) is 0 Å². The lowest BCUT2D eigenvalue weighted by Crippen LogP contribution is -2.33. The van der Waals surface area contributed by atoms with Crippen molar-refractivity contribution in [2.45, 2.75) is 52.9 Å². The number of amides is 1. The lowest BCUT2D eigenvalue weighted by Gasteiger charge is -2.26. The minimum atomic E-state index is -0.0844. The molecule has 0 unspecified atom stereocenters. The van der Waals surface area contributed by atoms with Crippen LogP contribution in [0.3, 0.4) is 0 Å². The Hall–Kier alpha value is -2.08. The molecule has 1 amide bonds. The third kappa shape index (κ3) is 2.86. The molecule has 24 heavy (non-hydrogen) atoms. The third-order valence-corrected chi connectivity index (χ3v) is 4.66. The second-order valence-corrected chi connectivity index (χ2v) is 6.48. The number of fused-ring (bicyclic) bond motifs is 1. The van der Waals surface area contributed by atoms with Crippen LogP contribution in [-0.2, 0) is 24.8 Å². The number of furan rings is 1. The summed E-state index contributed by atoms with van der Waals surface area (Å²) in [5, 5.41) is 4.54. The van der Waals surface area contributed by atoms with Gasteiger partial charge in [-0.1, -0.05) is 0 Å². The molecule has 3 rings (SSSR count). The summed E-state index contributed by atoms with van der Waals surface area (Å²) in [5.74, 6) is 0.817. The number of ether oxygens (including phenoxy) is 1. The standard InChI is InChI=1S/C18H25N3O3/c1-6-21(10-15-11(2)7-8-23-15)18(22)17-14-9-12(3)24-13(4)16(14)19-20(17)5/h7-8,12-13H,6,9-10H2,1-5H3/t12-,13+/m1/s1. The highest BCUT2D eigenvalue weighted by molar-refractivity contribution is 5.94. The van der Waals surface area contributed by atoms with Crippen LogP contribution in [0.2, 0.25) is 0 Å². The van der Waals surface area contributed by atoms with E-state index in [4.69, 9.17) is 9.15 Å². The normalized spacial score (nSPS) is 20.0. The SMILES string of the molecule is CCN(Cc1occc1C)C(=O)c1c2c(nn1C)[C@H](C)O[C@H](C)C2. The van der Waals surface area contributed by atoms with Gasteiger partial charge in [-0.05, 0) is 39.3 Å². The fraction of sp³-hybridized carbons (Fsp3) is 0.556. The predicted octanol–water partition coefficient (Wildman–Crippen LogP) is 3.01. The average Bonchev–Trinajstić information content (AvgIpc) is 3.07. The number of aromatic nitrogens is 2. The van der Waals surface area contributed by atoms with Gasteiger partial charge in [-0.25, -0.2) is 0 Å². The second-order valence-electron chi connectivity index (χ2n) is 6.48. The number of carbonyl (C=O) groups excluding carboxylic acids is 1. The summed E-state index contributed by atoms with van der Waals surface area (Å²) < 4.78 is 13.0. The van der Waals surface area contributed by atoms with Crippen molar-refractivity contribution in [2.75, 3.05) is 6.54 Å². The van der Waals surface area contributed by atoms with Gasteiger partial charge in [-0.2, -0.15) is 5.10 Å². The van der Waals surface area contributed by atoms with Gasteiger partial charge in [0.1, 0.15) is 11.5 Å². The van der Waals surface area contributed by atoms with E-state index in [1.807, 2.05) is 40.8 Å². The first-order chi connectivity index (χ1) is 11.4. The van der Waals surface area contributed by atoms with Gasteiger partial charge in [-0.3, -0.25) is 9.48 Å². The largest absolute Gasteiger partial charge is 0.467 e. The number of rotatable bonds is 4. The fourth-order valence-electron chi connectivity index (χ4n) is 3.35. The Kier molecular flexibility index (Phi) is 4.49. The molecule has 0 fully saturated rings. The number of hydrogen-bond donors (Lipinski definition) is 0. The van der Waals surface area contributed by atoms with E-state index in [0.29, 0.717) is 25.2 Å². The molecule has 0 aliphatic carbocycles. The molecule has 6 heteroatoms. The first kappa shape index (κ1) is 16.8. The van der Waals surface area contributed by atoms with E-state index < -0.39 is 0 Å². The highest BCUT2D eigenvalue weighted by atomic mass is 16.5. The fourth-order valence-corrected chi connectivity index (χ4v) is 3.35. The summed E-state index contributed by atoms with van der Waals surface area (Å²) in [7, 11) is 1.83. The van der Waals surface area contributed by atoms with E-state index in [2.05, 4.69) is 5.10 Å². The monoisotopic (exact) mass is 331 g/mol. The first-order valence-corrected chi connectivity index (χ1v) is 8.45. The van der Waals surface area contributed by atoms with Crippen molar-refractivity contribution in [1.82, 2.24) is 14.7 Å². The Morgan fingerprint density at radius 2 is 2.21 bits per heavy atom. The zero-order valence-electron chi connectivity index (χ0n) is 15.0. The summed E-state index contributed by atoms with van der Waals surface area (Å²) >= 11 is 0. The highest BCUT2D eigenvalue weighted by Gasteiger charge is 2.33. The molecule has 3 heterocycles. The van der Waals surface area contributed by atoms with E-state index in [-0.39, 0.29) is 18.1 Å². The Bertz CT molecular complexity index is 747. The lowest BCUT2D eigenvalue weighted by atomic mass is 9.99. The Morgan fingerprint density at radius 1 is 1.46 bits per heavy atom. The van der Waals surface area contributed by atoms with Crippen molar-refractivity contribution in [2.24, 2.45) is 7.05 Å². The lowest BCUT2D eigenvalue weighted by molar-refractivity contribution is -0.00714. The number of hydrogen-bond acceptors (Lipinski definition) is 4. The molecule has 0 saturated heterocycles. The van der Waals surface area contributed by atoms with Crippen LogP contribution in [0, 0.1) is 6.92 Å². The van der Waals surface area contributed by atoms with Gasteiger partial charge in [0.15, 0.2) is 0 Å². The first-order valence-electron chi connectivity index (χ1n) is 8.45. The summed E-state index contributed by atoms with van der Waals surface area (Å²) in [5.41, 5.74) is 3.62. The van der Waals surface area contributed by atoms with Crippen molar-refractivity contribution < 1.29 is 13.9 Å². The molecule has 0 aromatic carbocycles. The second kappa shape index (κ2) is 6.43. The maximum absolute atomic E-state index is 13.2. The topological polar surface area (TPSA) is 60.5 Å². The van der Waals surface area contributed by atoms with Crippen molar-refractivity contribution in [3.05, 3.63) is 40.6 Å². The van der Waals surface area contributed by atoms with Crippen LogP contribution in [-0.4, -0.2) is 33.2 Å². The maximum Gasteiger partial charge on any atom is 0.272 e. The molecule has 130 valence electrons. The molecule has 1 aliphatic rings. The van der Waals surface area contributed by atoms with Gasteiger partial charge >= 0.3 is 0 Å². The average molecular weight is 331 g/mol. The van der Waals surface area contributed by atoms with Crippen molar-refractivity contribution in [3.8, 4) is 0 Å². The van der Waals surface area contributed by atoms with Crippen LogP contribution < -0.4 is 0 Å². The molecule has 0 bridgehead atoms. The number of nitrogens with zero attached hydrogens (tertiary/aromatic N) is 3. The van der Waals surface area contributed by atoms with Crippen molar-refractivity contribution in [3.63, 3.8) is 0 Å². The molecule has 2 aromatic rings. The van der Waals surface area contributed by atoms with E-state index in [9.17, 15) is 4.79 Å². The molecule has 2 atom stereocenters. The van der Waals surface area contributed by atoms with Gasteiger partial charge in [0.05, 0.1) is 30.7 Å². The smallest absolute Gasteiger partial charge is 0.272 e. The third-order valence-electron chi connectivity index (χ3n) is 4.66. The van der Waals surface area contributed by atoms with Crippen LogP contribution in [0.15, 0.2) is 16.7 Å². The van der Waals surface area contributed by atoms with Crippen LogP contribution in [0.1, 0.15) is 59.9 Å². The van der Waals surface area contributed by atoms with Crippen molar-refractivity contribution >= 4 is 5.91 Å². The summed E-state index contributed by atoms with van der Waals surface area (Å²) in [4.78, 5) is 15.0. The summed E-state index contributed by atoms with van der Waals surface area (Å²) in [6.07, 6.45) is 2.38. The molecule has 0 radical (unpaired) electrons. The van der Waals surface area contributed by atoms with Crippen LogP contribution in [0.25, 0.3) is 0 Å². The van der Waals surface area contributed by atoms with Gasteiger partial charge in [0.25, 0.3) is 5.91 Å². The van der Waals surface area contributed by atoms with E-state index in [1.54, 1.807) is 15.8 Å². The molecule has 6 nitrogen and oxygen atoms in total. The van der Waals surface area contributed by atoms with E-state index in [0.717, 1.165) is 22.6 Å². The number of aryl methyl sites for hydroxylation is 2. The van der Waals surface area contributed by atoms with E-state index >= 15 is 0 Å². The zero-order chi connectivity index (χ0) is 17.4. The number of carbonyl (C=O) groups is 1.